The molecule has 1 aromatic heterocycles. The van der Waals surface area contributed by atoms with E-state index in [2.05, 4.69) is 20.2 Å². The molecule has 1 aliphatic heterocycles. The third-order valence-corrected chi connectivity index (χ3v) is 3.78. The molecule has 0 atom stereocenters. The summed E-state index contributed by atoms with van der Waals surface area (Å²) in [6, 6.07) is 7.90. The van der Waals surface area contributed by atoms with Crippen LogP contribution in [0.25, 0.3) is 0 Å². The first-order valence-corrected chi connectivity index (χ1v) is 7.20. The highest BCUT2D eigenvalue weighted by atomic mass is 35.5. The van der Waals surface area contributed by atoms with Crippen LogP contribution in [-0.2, 0) is 0 Å². The minimum absolute atomic E-state index is 0.700. The fourth-order valence-electron chi connectivity index (χ4n) is 2.39. The Balaban J connectivity index is 1.81. The fourth-order valence-corrected chi connectivity index (χ4v) is 2.68. The molecule has 1 fully saturated rings. The van der Waals surface area contributed by atoms with Gasteiger partial charge in [-0.05, 0) is 37.5 Å². The van der Waals surface area contributed by atoms with Crippen LogP contribution >= 0.6 is 11.6 Å². The number of halogens is 1. The highest BCUT2D eigenvalue weighted by Crippen LogP contribution is 2.27. The van der Waals surface area contributed by atoms with E-state index in [9.17, 15) is 0 Å². The van der Waals surface area contributed by atoms with Crippen LogP contribution in [0.4, 0.5) is 17.3 Å². The smallest absolute Gasteiger partial charge is 0.135 e. The molecule has 0 saturated carbocycles. The van der Waals surface area contributed by atoms with E-state index in [0.29, 0.717) is 5.02 Å². The monoisotopic (exact) mass is 288 g/mol. The van der Waals surface area contributed by atoms with Gasteiger partial charge in [-0.15, -0.1) is 0 Å². The summed E-state index contributed by atoms with van der Waals surface area (Å²) in [5.74, 6) is 1.75. The predicted octanol–water partition coefficient (Wildman–Crippen LogP) is 3.78. The zero-order valence-corrected chi connectivity index (χ0v) is 12.2. The van der Waals surface area contributed by atoms with E-state index in [0.717, 1.165) is 36.0 Å². The lowest BCUT2D eigenvalue weighted by molar-refractivity contribution is 0.928. The van der Waals surface area contributed by atoms with Crippen LogP contribution in [0.1, 0.15) is 18.4 Å². The molecule has 1 aromatic carbocycles. The second-order valence-corrected chi connectivity index (χ2v) is 5.47. The van der Waals surface area contributed by atoms with Gasteiger partial charge in [0.15, 0.2) is 0 Å². The van der Waals surface area contributed by atoms with Crippen molar-refractivity contribution in [3.05, 3.63) is 41.2 Å². The molecule has 2 heterocycles. The van der Waals surface area contributed by atoms with Crippen LogP contribution in [0.15, 0.2) is 30.6 Å². The molecular formula is C15H17ClN4. The van der Waals surface area contributed by atoms with Crippen molar-refractivity contribution in [1.82, 2.24) is 9.97 Å². The van der Waals surface area contributed by atoms with Gasteiger partial charge >= 0.3 is 0 Å². The maximum atomic E-state index is 6.23. The van der Waals surface area contributed by atoms with Gasteiger partial charge in [0.25, 0.3) is 0 Å². The quantitative estimate of drug-likeness (QED) is 0.933. The average molecular weight is 289 g/mol. The maximum Gasteiger partial charge on any atom is 0.135 e. The van der Waals surface area contributed by atoms with Crippen LogP contribution in [0.3, 0.4) is 0 Å². The summed E-state index contributed by atoms with van der Waals surface area (Å²) in [5, 5.41) is 3.95. The highest BCUT2D eigenvalue weighted by molar-refractivity contribution is 6.33. The van der Waals surface area contributed by atoms with Gasteiger partial charge in [0.2, 0.25) is 0 Å². The lowest BCUT2D eigenvalue weighted by Gasteiger charge is -2.17. The summed E-state index contributed by atoms with van der Waals surface area (Å²) >= 11 is 6.23. The van der Waals surface area contributed by atoms with Crippen molar-refractivity contribution in [3.63, 3.8) is 0 Å². The van der Waals surface area contributed by atoms with E-state index >= 15 is 0 Å². The first-order chi connectivity index (χ1) is 9.72. The van der Waals surface area contributed by atoms with Crippen LogP contribution in [-0.4, -0.2) is 23.1 Å². The first kappa shape index (κ1) is 13.2. The number of benzene rings is 1. The molecule has 104 valence electrons. The molecule has 1 N–H and O–H groups in total. The Kier molecular flexibility index (Phi) is 3.74. The number of aromatic nitrogens is 2. The van der Waals surface area contributed by atoms with E-state index in [1.54, 1.807) is 6.33 Å². The number of aryl methyl sites for hydroxylation is 1. The number of nitrogens with zero attached hydrogens (tertiary/aromatic N) is 3. The summed E-state index contributed by atoms with van der Waals surface area (Å²) in [6.07, 6.45) is 4.06. The van der Waals surface area contributed by atoms with Crippen LogP contribution in [0.2, 0.25) is 5.02 Å². The average Bonchev–Trinajstić information content (AvgIpc) is 2.96. The topological polar surface area (TPSA) is 41.0 Å². The number of hydrogen-bond acceptors (Lipinski definition) is 4. The van der Waals surface area contributed by atoms with Crippen molar-refractivity contribution in [2.75, 3.05) is 23.3 Å². The molecule has 0 radical (unpaired) electrons. The van der Waals surface area contributed by atoms with Gasteiger partial charge in [-0.2, -0.15) is 0 Å². The van der Waals surface area contributed by atoms with Crippen molar-refractivity contribution < 1.29 is 0 Å². The molecule has 1 aliphatic rings. The SMILES string of the molecule is Cc1ccc(Nc2cc(N3CCCC3)ncn2)c(Cl)c1. The predicted molar refractivity (Wildman–Crippen MR) is 83.0 cm³/mol. The van der Waals surface area contributed by atoms with Crippen molar-refractivity contribution in [2.24, 2.45) is 0 Å². The van der Waals surface area contributed by atoms with Gasteiger partial charge in [-0.25, -0.2) is 9.97 Å². The molecular weight excluding hydrogens is 272 g/mol. The van der Waals surface area contributed by atoms with Gasteiger partial charge in [-0.3, -0.25) is 0 Å². The summed E-state index contributed by atoms with van der Waals surface area (Å²) < 4.78 is 0. The Morgan fingerprint density at radius 3 is 2.70 bits per heavy atom. The minimum atomic E-state index is 0.700. The number of hydrogen-bond donors (Lipinski definition) is 1. The zero-order valence-electron chi connectivity index (χ0n) is 11.4. The Bertz CT molecular complexity index is 609. The van der Waals surface area contributed by atoms with Crippen molar-refractivity contribution in [1.29, 1.82) is 0 Å². The summed E-state index contributed by atoms with van der Waals surface area (Å²) in [4.78, 5) is 10.9. The van der Waals surface area contributed by atoms with Crippen LogP contribution in [0, 0.1) is 6.92 Å². The van der Waals surface area contributed by atoms with Crippen molar-refractivity contribution >= 4 is 28.9 Å². The Morgan fingerprint density at radius 2 is 1.95 bits per heavy atom. The molecule has 2 aromatic rings. The second kappa shape index (κ2) is 5.67. The molecule has 20 heavy (non-hydrogen) atoms. The Hall–Kier alpha value is -1.81. The first-order valence-electron chi connectivity index (χ1n) is 6.82. The summed E-state index contributed by atoms with van der Waals surface area (Å²) in [7, 11) is 0. The zero-order chi connectivity index (χ0) is 13.9. The molecule has 1 saturated heterocycles. The normalized spacial score (nSPS) is 14.6. The highest BCUT2D eigenvalue weighted by Gasteiger charge is 2.14. The molecule has 4 nitrogen and oxygen atoms in total. The Labute approximate surface area is 123 Å². The maximum absolute atomic E-state index is 6.23. The van der Waals surface area contributed by atoms with Gasteiger partial charge in [0.1, 0.15) is 18.0 Å². The van der Waals surface area contributed by atoms with Crippen LogP contribution in [0.5, 0.6) is 0 Å². The van der Waals surface area contributed by atoms with E-state index in [-0.39, 0.29) is 0 Å². The molecule has 0 bridgehead atoms. The molecule has 0 unspecified atom stereocenters. The van der Waals surface area contributed by atoms with E-state index in [4.69, 9.17) is 11.6 Å². The lowest BCUT2D eigenvalue weighted by atomic mass is 10.2. The molecule has 5 heteroatoms. The standard InChI is InChI=1S/C15H17ClN4/c1-11-4-5-13(12(16)8-11)19-14-9-15(18-10-17-14)20-6-2-3-7-20/h4-5,8-10H,2-3,6-7H2,1H3,(H,17,18,19). The van der Waals surface area contributed by atoms with Gasteiger partial charge in [0, 0.05) is 19.2 Å². The van der Waals surface area contributed by atoms with Gasteiger partial charge < -0.3 is 10.2 Å². The Morgan fingerprint density at radius 1 is 1.15 bits per heavy atom. The summed E-state index contributed by atoms with van der Waals surface area (Å²) in [6.45, 7) is 4.16. The van der Waals surface area contributed by atoms with Crippen LogP contribution < -0.4 is 10.2 Å². The van der Waals surface area contributed by atoms with Gasteiger partial charge in [0.05, 0.1) is 10.7 Å². The second-order valence-electron chi connectivity index (χ2n) is 5.06. The minimum Gasteiger partial charge on any atom is -0.356 e. The number of anilines is 3. The fraction of sp³-hybridized carbons (Fsp3) is 0.333. The largest absolute Gasteiger partial charge is 0.356 e. The van der Waals surface area contributed by atoms with E-state index in [1.165, 1.54) is 12.8 Å². The van der Waals surface area contributed by atoms with Crippen molar-refractivity contribution in [2.45, 2.75) is 19.8 Å². The molecule has 0 amide bonds. The number of rotatable bonds is 3. The van der Waals surface area contributed by atoms with E-state index < -0.39 is 0 Å². The van der Waals surface area contributed by atoms with Gasteiger partial charge in [-0.1, -0.05) is 17.7 Å². The molecule has 0 aliphatic carbocycles. The molecule has 0 spiro atoms. The third kappa shape index (κ3) is 2.85. The third-order valence-electron chi connectivity index (χ3n) is 3.47. The molecule has 3 rings (SSSR count). The summed E-state index contributed by atoms with van der Waals surface area (Å²) in [5.41, 5.74) is 2.00. The number of nitrogens with one attached hydrogen (secondary N) is 1. The van der Waals surface area contributed by atoms with Crippen molar-refractivity contribution in [3.8, 4) is 0 Å². The van der Waals surface area contributed by atoms with E-state index in [1.807, 2.05) is 31.2 Å². The lowest BCUT2D eigenvalue weighted by Crippen LogP contribution is -2.19.